The van der Waals surface area contributed by atoms with Crippen molar-refractivity contribution in [3.05, 3.63) is 0 Å². The topological polar surface area (TPSA) is 64.8 Å². The van der Waals surface area contributed by atoms with Crippen molar-refractivity contribution in [3.63, 3.8) is 0 Å². The number of nitrogens with zero attached hydrogens (tertiary/aromatic N) is 1. The van der Waals surface area contributed by atoms with Crippen LogP contribution in [0.5, 0.6) is 0 Å². The van der Waals surface area contributed by atoms with Crippen LogP contribution >= 0.6 is 12.2 Å². The fraction of sp³-hybridized carbons (Fsp3) is 0.846. The fourth-order valence-corrected chi connectivity index (χ4v) is 3.66. The number of amides is 1. The number of hydrogen-bond donors (Lipinski definition) is 1. The minimum Gasteiger partial charge on any atom is -0.392 e. The van der Waals surface area contributed by atoms with Gasteiger partial charge in [0.05, 0.1) is 17.2 Å². The number of morpholine rings is 1. The zero-order chi connectivity index (χ0) is 13.5. The van der Waals surface area contributed by atoms with Crippen LogP contribution in [0.25, 0.3) is 0 Å². The average Bonchev–Trinajstić information content (AvgIpc) is 2.77. The lowest BCUT2D eigenvalue weighted by Gasteiger charge is -2.41. The first-order valence-corrected chi connectivity index (χ1v) is 7.35. The van der Waals surface area contributed by atoms with Gasteiger partial charge in [-0.25, -0.2) is 0 Å². The van der Waals surface area contributed by atoms with Gasteiger partial charge in [-0.1, -0.05) is 12.2 Å². The van der Waals surface area contributed by atoms with Gasteiger partial charge in [-0.05, 0) is 25.7 Å². The molecule has 3 rings (SSSR count). The predicted octanol–water partition coefficient (Wildman–Crippen LogP) is 0.459. The number of fused-ring (bicyclic) bond motifs is 2. The number of likely N-dealkylation sites (tertiary alicyclic amines) is 1. The number of nitrogens with two attached hydrogens (primary N) is 1. The summed E-state index contributed by atoms with van der Waals surface area (Å²) in [4.78, 5) is 15.1. The third-order valence-corrected chi connectivity index (χ3v) is 4.95. The van der Waals surface area contributed by atoms with E-state index in [1.165, 1.54) is 0 Å². The van der Waals surface area contributed by atoms with E-state index >= 15 is 0 Å². The molecule has 0 aromatic carbocycles. The highest BCUT2D eigenvalue weighted by Crippen LogP contribution is 2.36. The summed E-state index contributed by atoms with van der Waals surface area (Å²) in [5, 5.41) is 0. The molecular formula is C13H20N2O3S. The van der Waals surface area contributed by atoms with Crippen LogP contribution in [-0.4, -0.2) is 54.3 Å². The van der Waals surface area contributed by atoms with Gasteiger partial charge in [0, 0.05) is 26.3 Å². The normalized spacial score (nSPS) is 33.2. The molecule has 2 N–H and O–H groups in total. The molecule has 0 aromatic heterocycles. The highest BCUT2D eigenvalue weighted by atomic mass is 32.1. The Labute approximate surface area is 118 Å². The zero-order valence-electron chi connectivity index (χ0n) is 11.0. The highest BCUT2D eigenvalue weighted by Gasteiger charge is 2.47. The van der Waals surface area contributed by atoms with Gasteiger partial charge in [-0.15, -0.1) is 0 Å². The average molecular weight is 284 g/mol. The Morgan fingerprint density at radius 3 is 2.32 bits per heavy atom. The Hall–Kier alpha value is -0.720. The second-order valence-corrected chi connectivity index (χ2v) is 6.17. The molecule has 5 nitrogen and oxygen atoms in total. The molecule has 0 spiro atoms. The second-order valence-electron chi connectivity index (χ2n) is 5.73. The summed E-state index contributed by atoms with van der Waals surface area (Å²) in [5.41, 5.74) is 5.20. The quantitative estimate of drug-likeness (QED) is 0.746. The molecule has 106 valence electrons. The summed E-state index contributed by atoms with van der Waals surface area (Å²) in [6.45, 7) is 2.47. The summed E-state index contributed by atoms with van der Waals surface area (Å²) in [5.74, 6) is 0.0866. The Kier molecular flexibility index (Phi) is 3.49. The van der Waals surface area contributed by atoms with Crippen LogP contribution in [-0.2, 0) is 14.3 Å². The first kappa shape index (κ1) is 13.3. The number of rotatable bonds is 2. The minimum atomic E-state index is -0.690. The molecule has 0 aromatic rings. The van der Waals surface area contributed by atoms with E-state index in [9.17, 15) is 4.79 Å². The lowest BCUT2D eigenvalue weighted by atomic mass is 9.78. The van der Waals surface area contributed by atoms with E-state index in [0.717, 1.165) is 12.8 Å². The molecule has 0 saturated carbocycles. The van der Waals surface area contributed by atoms with Gasteiger partial charge in [-0.3, -0.25) is 4.79 Å². The lowest BCUT2D eigenvalue weighted by Crippen LogP contribution is -2.57. The molecule has 3 fully saturated rings. The SMILES string of the molecule is NC(=S)C1(C(=O)N2CC3CCC(C2)O3)CCOCC1. The predicted molar refractivity (Wildman–Crippen MR) is 73.7 cm³/mol. The van der Waals surface area contributed by atoms with Gasteiger partial charge >= 0.3 is 0 Å². The number of hydrogen-bond acceptors (Lipinski definition) is 4. The Morgan fingerprint density at radius 1 is 1.21 bits per heavy atom. The van der Waals surface area contributed by atoms with Gasteiger partial charge in [-0.2, -0.15) is 0 Å². The van der Waals surface area contributed by atoms with Crippen LogP contribution in [0, 0.1) is 5.41 Å². The smallest absolute Gasteiger partial charge is 0.235 e. The van der Waals surface area contributed by atoms with Gasteiger partial charge in [0.15, 0.2) is 0 Å². The number of thiocarbonyl (C=S) groups is 1. The molecule has 3 heterocycles. The zero-order valence-corrected chi connectivity index (χ0v) is 11.8. The molecule has 3 aliphatic rings. The first-order chi connectivity index (χ1) is 9.12. The molecule has 2 unspecified atom stereocenters. The molecule has 2 atom stereocenters. The summed E-state index contributed by atoms with van der Waals surface area (Å²) < 4.78 is 11.1. The molecule has 0 radical (unpaired) electrons. The van der Waals surface area contributed by atoms with E-state index in [2.05, 4.69) is 0 Å². The number of carbonyl (C=O) groups excluding carboxylic acids is 1. The third kappa shape index (κ3) is 2.26. The van der Waals surface area contributed by atoms with E-state index in [-0.39, 0.29) is 18.1 Å². The van der Waals surface area contributed by atoms with Crippen LogP contribution in [0.2, 0.25) is 0 Å². The monoisotopic (exact) mass is 284 g/mol. The van der Waals surface area contributed by atoms with E-state index in [1.807, 2.05) is 4.90 Å². The maximum atomic E-state index is 12.9. The summed E-state index contributed by atoms with van der Waals surface area (Å²) in [7, 11) is 0. The fourth-order valence-electron chi connectivity index (χ4n) is 3.37. The van der Waals surface area contributed by atoms with Gasteiger partial charge < -0.3 is 20.1 Å². The van der Waals surface area contributed by atoms with E-state index in [1.54, 1.807) is 0 Å². The van der Waals surface area contributed by atoms with Crippen molar-refractivity contribution in [2.75, 3.05) is 26.3 Å². The Morgan fingerprint density at radius 2 is 1.79 bits per heavy atom. The number of ether oxygens (including phenoxy) is 2. The van der Waals surface area contributed by atoms with Crippen molar-refractivity contribution in [2.45, 2.75) is 37.9 Å². The minimum absolute atomic E-state index is 0.0866. The molecule has 1 amide bonds. The number of carbonyl (C=O) groups is 1. The van der Waals surface area contributed by atoms with Crippen LogP contribution in [0.4, 0.5) is 0 Å². The Bertz CT molecular complexity index is 383. The Balaban J connectivity index is 1.78. The first-order valence-electron chi connectivity index (χ1n) is 6.94. The summed E-state index contributed by atoms with van der Waals surface area (Å²) in [6, 6.07) is 0. The maximum absolute atomic E-state index is 12.9. The molecular weight excluding hydrogens is 264 g/mol. The van der Waals surface area contributed by atoms with Crippen molar-refractivity contribution in [3.8, 4) is 0 Å². The van der Waals surface area contributed by atoms with Crippen molar-refractivity contribution in [1.82, 2.24) is 4.90 Å². The van der Waals surface area contributed by atoms with Crippen LogP contribution in [0.1, 0.15) is 25.7 Å². The highest BCUT2D eigenvalue weighted by molar-refractivity contribution is 7.80. The molecule has 3 aliphatic heterocycles. The van der Waals surface area contributed by atoms with Gasteiger partial charge in [0.1, 0.15) is 5.41 Å². The lowest BCUT2D eigenvalue weighted by molar-refractivity contribution is -0.150. The van der Waals surface area contributed by atoms with Crippen LogP contribution < -0.4 is 5.73 Å². The largest absolute Gasteiger partial charge is 0.392 e. The van der Waals surface area contributed by atoms with Crippen LogP contribution in [0.3, 0.4) is 0 Å². The molecule has 0 aliphatic carbocycles. The molecule has 2 bridgehead atoms. The molecule has 3 saturated heterocycles. The summed E-state index contributed by atoms with van der Waals surface area (Å²) in [6.07, 6.45) is 3.72. The van der Waals surface area contributed by atoms with Crippen molar-refractivity contribution in [2.24, 2.45) is 11.1 Å². The van der Waals surface area contributed by atoms with Crippen molar-refractivity contribution < 1.29 is 14.3 Å². The summed E-state index contributed by atoms with van der Waals surface area (Å²) >= 11 is 5.19. The second kappa shape index (κ2) is 5.00. The standard InChI is InChI=1S/C13H20N2O3S/c14-11(19)13(3-5-17-6-4-13)12(16)15-7-9-1-2-10(8-15)18-9/h9-10H,1-8H2,(H2,14,19). The van der Waals surface area contributed by atoms with E-state index < -0.39 is 5.41 Å². The third-order valence-electron chi connectivity index (χ3n) is 4.56. The maximum Gasteiger partial charge on any atom is 0.235 e. The van der Waals surface area contributed by atoms with E-state index in [0.29, 0.717) is 44.1 Å². The molecule has 6 heteroatoms. The van der Waals surface area contributed by atoms with Gasteiger partial charge in [0.25, 0.3) is 0 Å². The van der Waals surface area contributed by atoms with E-state index in [4.69, 9.17) is 27.4 Å². The van der Waals surface area contributed by atoms with Crippen LogP contribution in [0.15, 0.2) is 0 Å². The van der Waals surface area contributed by atoms with Crippen molar-refractivity contribution >= 4 is 23.1 Å². The van der Waals surface area contributed by atoms with Crippen molar-refractivity contribution in [1.29, 1.82) is 0 Å². The molecule has 19 heavy (non-hydrogen) atoms. The van der Waals surface area contributed by atoms with Gasteiger partial charge in [0.2, 0.25) is 5.91 Å².